The monoisotopic (exact) mass is 989 g/mol. The van der Waals surface area contributed by atoms with E-state index < -0.39 is 92.7 Å². The highest BCUT2D eigenvalue weighted by molar-refractivity contribution is 5.70. The average molecular weight is 989 g/mol. The highest BCUT2D eigenvalue weighted by Gasteiger charge is 2.47. The molecule has 0 aromatic carbocycles. The van der Waals surface area contributed by atoms with Crippen LogP contribution in [0.25, 0.3) is 0 Å². The van der Waals surface area contributed by atoms with Crippen LogP contribution in [0.5, 0.6) is 0 Å². The second-order valence-electron chi connectivity index (χ2n) is 19.8. The standard InChI is InChI=1S/C54H100O15/c1-3-5-7-9-11-13-15-17-19-20-21-23-25-27-29-31-33-35-37-46(57)67-42(39-64-45(56)36-34-32-30-28-26-24-22-18-16-14-12-10-8-6-4-2)40-65-53-52(63)50(61)48(59)44(69-53)41-66-54-51(62)49(60)47(58)43(38-55)68-54/h24,26,42-44,47-55,58-63H,3-23,25,27-41H2,1-2H3/b26-24+/t42-,43+,44+,47-,48-,49?,50?,51?,52?,53+,54+/m1/s1. The van der Waals surface area contributed by atoms with Crippen molar-refractivity contribution in [3.8, 4) is 0 Å². The lowest BCUT2D eigenvalue weighted by molar-refractivity contribution is -0.332. The van der Waals surface area contributed by atoms with Gasteiger partial charge in [0.2, 0.25) is 0 Å². The number of rotatable bonds is 44. The summed E-state index contributed by atoms with van der Waals surface area (Å²) in [6.07, 6.45) is 25.2. The summed E-state index contributed by atoms with van der Waals surface area (Å²) < 4.78 is 33.6. The highest BCUT2D eigenvalue weighted by Crippen LogP contribution is 2.27. The molecule has 15 heteroatoms. The zero-order chi connectivity index (χ0) is 50.3. The number of allylic oxidation sites excluding steroid dienone is 2. The van der Waals surface area contributed by atoms with Gasteiger partial charge in [0.1, 0.15) is 55.4 Å². The third-order valence-electron chi connectivity index (χ3n) is 13.5. The normalized spacial score (nSPS) is 25.6. The molecule has 69 heavy (non-hydrogen) atoms. The molecule has 0 radical (unpaired) electrons. The van der Waals surface area contributed by atoms with E-state index in [2.05, 4.69) is 26.0 Å². The number of hydrogen-bond acceptors (Lipinski definition) is 15. The molecule has 2 saturated heterocycles. The van der Waals surface area contributed by atoms with Gasteiger partial charge in [0.25, 0.3) is 0 Å². The molecule has 2 fully saturated rings. The Morgan fingerprint density at radius 2 is 0.826 bits per heavy atom. The molecule has 0 amide bonds. The Morgan fingerprint density at radius 1 is 0.449 bits per heavy atom. The van der Waals surface area contributed by atoms with E-state index in [1.807, 2.05) is 0 Å². The number of aliphatic hydroxyl groups excluding tert-OH is 7. The maximum absolute atomic E-state index is 13.0. The predicted octanol–water partition coefficient (Wildman–Crippen LogP) is 8.55. The van der Waals surface area contributed by atoms with Gasteiger partial charge in [-0.15, -0.1) is 0 Å². The first-order valence-corrected chi connectivity index (χ1v) is 27.8. The van der Waals surface area contributed by atoms with Crippen molar-refractivity contribution >= 4 is 11.9 Å². The van der Waals surface area contributed by atoms with Crippen LogP contribution in [0.15, 0.2) is 12.2 Å². The van der Waals surface area contributed by atoms with Crippen molar-refractivity contribution in [3.05, 3.63) is 12.2 Å². The van der Waals surface area contributed by atoms with Gasteiger partial charge < -0.3 is 64.2 Å². The molecule has 0 bridgehead atoms. The van der Waals surface area contributed by atoms with Crippen LogP contribution in [0.2, 0.25) is 0 Å². The first-order valence-electron chi connectivity index (χ1n) is 27.8. The van der Waals surface area contributed by atoms with Crippen LogP contribution in [0.4, 0.5) is 0 Å². The Hall–Kier alpha value is -1.76. The number of hydrogen-bond donors (Lipinski definition) is 7. The van der Waals surface area contributed by atoms with Crippen LogP contribution in [-0.2, 0) is 38.0 Å². The third kappa shape index (κ3) is 29.5. The molecule has 4 unspecified atom stereocenters. The minimum absolute atomic E-state index is 0.168. The number of aliphatic hydroxyl groups is 7. The minimum Gasteiger partial charge on any atom is -0.462 e. The lowest BCUT2D eigenvalue weighted by Gasteiger charge is -2.42. The van der Waals surface area contributed by atoms with Crippen molar-refractivity contribution in [1.82, 2.24) is 0 Å². The number of unbranched alkanes of at least 4 members (excludes halogenated alkanes) is 28. The van der Waals surface area contributed by atoms with Crippen LogP contribution >= 0.6 is 0 Å². The van der Waals surface area contributed by atoms with Gasteiger partial charge in [-0.3, -0.25) is 9.59 Å². The van der Waals surface area contributed by atoms with Gasteiger partial charge in [-0.2, -0.15) is 0 Å². The molecule has 2 heterocycles. The lowest BCUT2D eigenvalue weighted by atomic mass is 9.98. The van der Waals surface area contributed by atoms with Crippen LogP contribution in [0.1, 0.15) is 226 Å². The smallest absolute Gasteiger partial charge is 0.306 e. The van der Waals surface area contributed by atoms with Crippen LogP contribution < -0.4 is 0 Å². The summed E-state index contributed by atoms with van der Waals surface area (Å²) in [5.74, 6) is -0.930. The molecule has 0 aliphatic carbocycles. The van der Waals surface area contributed by atoms with E-state index in [1.165, 1.54) is 141 Å². The SMILES string of the molecule is CCCCCCCCCC/C=C/CCCCCC(=O)OC[C@H](CO[C@H]1O[C@@H](CO[C@H]2O[C@@H](CO)[C@@H](O)C(O)C2O)[C@@H](O)C(O)C1O)OC(=O)CCCCCCCCCCCCCCCCCCCC. The largest absolute Gasteiger partial charge is 0.462 e. The van der Waals surface area contributed by atoms with Crippen molar-refractivity contribution < 1.29 is 73.8 Å². The zero-order valence-corrected chi connectivity index (χ0v) is 43.1. The fourth-order valence-corrected chi connectivity index (χ4v) is 8.92. The van der Waals surface area contributed by atoms with Crippen LogP contribution in [-0.4, -0.2) is 142 Å². The Morgan fingerprint density at radius 3 is 1.29 bits per heavy atom. The Labute approximate surface area is 416 Å². The quantitative estimate of drug-likeness (QED) is 0.0172. The Bertz CT molecular complexity index is 1250. The molecule has 7 N–H and O–H groups in total. The third-order valence-corrected chi connectivity index (χ3v) is 13.5. The van der Waals surface area contributed by atoms with Crippen molar-refractivity contribution in [3.63, 3.8) is 0 Å². The lowest BCUT2D eigenvalue weighted by Crippen LogP contribution is -2.61. The molecule has 11 atom stereocenters. The van der Waals surface area contributed by atoms with Gasteiger partial charge in [-0.05, 0) is 38.5 Å². The summed E-state index contributed by atoms with van der Waals surface area (Å²) in [5, 5.41) is 72.2. The van der Waals surface area contributed by atoms with E-state index in [0.717, 1.165) is 44.9 Å². The van der Waals surface area contributed by atoms with Gasteiger partial charge >= 0.3 is 11.9 Å². The summed E-state index contributed by atoms with van der Waals surface area (Å²) in [6, 6.07) is 0. The molecular weight excluding hydrogens is 889 g/mol. The number of esters is 2. The average Bonchev–Trinajstić information content (AvgIpc) is 3.34. The van der Waals surface area contributed by atoms with Gasteiger partial charge in [-0.1, -0.05) is 187 Å². The van der Waals surface area contributed by atoms with E-state index in [9.17, 15) is 45.3 Å². The summed E-state index contributed by atoms with van der Waals surface area (Å²) in [6.45, 7) is 2.61. The summed E-state index contributed by atoms with van der Waals surface area (Å²) >= 11 is 0. The topological polar surface area (TPSA) is 231 Å². The molecule has 15 nitrogen and oxygen atoms in total. The first-order chi connectivity index (χ1) is 33.5. The van der Waals surface area contributed by atoms with Crippen LogP contribution in [0, 0.1) is 0 Å². The van der Waals surface area contributed by atoms with E-state index in [0.29, 0.717) is 12.8 Å². The molecule has 0 aromatic rings. The van der Waals surface area contributed by atoms with Gasteiger partial charge in [0, 0.05) is 12.8 Å². The van der Waals surface area contributed by atoms with Crippen molar-refractivity contribution in [2.24, 2.45) is 0 Å². The molecule has 2 aliphatic rings. The maximum atomic E-state index is 13.0. The number of ether oxygens (including phenoxy) is 6. The molecule has 406 valence electrons. The van der Waals surface area contributed by atoms with Crippen molar-refractivity contribution in [1.29, 1.82) is 0 Å². The van der Waals surface area contributed by atoms with Gasteiger partial charge in [0.05, 0.1) is 19.8 Å². The molecule has 0 aromatic heterocycles. The summed E-state index contributed by atoms with van der Waals surface area (Å²) in [7, 11) is 0. The summed E-state index contributed by atoms with van der Waals surface area (Å²) in [5.41, 5.74) is 0. The fourth-order valence-electron chi connectivity index (χ4n) is 8.92. The maximum Gasteiger partial charge on any atom is 0.306 e. The second kappa shape index (κ2) is 41.7. The van der Waals surface area contributed by atoms with Gasteiger partial charge in [-0.25, -0.2) is 0 Å². The fraction of sp³-hybridized carbons (Fsp3) is 0.926. The highest BCUT2D eigenvalue weighted by atomic mass is 16.7. The molecule has 0 spiro atoms. The van der Waals surface area contributed by atoms with E-state index in [1.54, 1.807) is 0 Å². The first kappa shape index (κ1) is 63.4. The van der Waals surface area contributed by atoms with Gasteiger partial charge in [0.15, 0.2) is 18.7 Å². The zero-order valence-electron chi connectivity index (χ0n) is 43.1. The predicted molar refractivity (Wildman–Crippen MR) is 266 cm³/mol. The molecule has 0 saturated carbocycles. The second-order valence-corrected chi connectivity index (χ2v) is 19.8. The Balaban J connectivity index is 1.78. The molecule has 2 rings (SSSR count). The molecule has 2 aliphatic heterocycles. The van der Waals surface area contributed by atoms with E-state index in [4.69, 9.17) is 28.4 Å². The van der Waals surface area contributed by atoms with E-state index >= 15 is 0 Å². The van der Waals surface area contributed by atoms with Crippen molar-refractivity contribution in [2.45, 2.75) is 293 Å². The molecular formula is C54H100O15. The number of carbonyl (C=O) groups excluding carboxylic acids is 2. The minimum atomic E-state index is -1.76. The summed E-state index contributed by atoms with van der Waals surface area (Å²) in [4.78, 5) is 25.8. The van der Waals surface area contributed by atoms with Crippen molar-refractivity contribution in [2.75, 3.05) is 26.4 Å². The van der Waals surface area contributed by atoms with E-state index in [-0.39, 0.29) is 26.1 Å². The van der Waals surface area contributed by atoms with Crippen LogP contribution in [0.3, 0.4) is 0 Å². The number of carbonyl (C=O) groups is 2. The Kier molecular flexibility index (Phi) is 38.3.